The molecule has 100 valence electrons. The van der Waals surface area contributed by atoms with Crippen LogP contribution in [0.15, 0.2) is 54.6 Å². The minimum absolute atomic E-state index is 0.161. The predicted molar refractivity (Wildman–Crippen MR) is 78.6 cm³/mol. The predicted octanol–water partition coefficient (Wildman–Crippen LogP) is 2.48. The van der Waals surface area contributed by atoms with Gasteiger partial charge in [-0.05, 0) is 30.3 Å². The summed E-state index contributed by atoms with van der Waals surface area (Å²) < 4.78 is 5.08. The minimum atomic E-state index is -0.161. The summed E-state index contributed by atoms with van der Waals surface area (Å²) in [6, 6.07) is 16.7. The largest absolute Gasteiger partial charge is 0.497 e. The maximum atomic E-state index is 11.9. The van der Waals surface area contributed by atoms with Gasteiger partial charge in [0.1, 0.15) is 5.75 Å². The summed E-state index contributed by atoms with van der Waals surface area (Å²) >= 11 is 0. The van der Waals surface area contributed by atoms with Gasteiger partial charge in [-0.3, -0.25) is 4.79 Å². The topological polar surface area (TPSA) is 38.3 Å². The Balaban J connectivity index is 1.91. The fourth-order valence-corrected chi connectivity index (χ4v) is 1.66. The van der Waals surface area contributed by atoms with Crippen molar-refractivity contribution in [3.8, 4) is 17.6 Å². The van der Waals surface area contributed by atoms with E-state index in [9.17, 15) is 4.79 Å². The molecule has 0 aromatic heterocycles. The SMILES string of the molecule is COc1cccc(C(=O)NCC#Cc2ccccc2)c1. The smallest absolute Gasteiger partial charge is 0.252 e. The number of carbonyl (C=O) groups excluding carboxylic acids is 1. The summed E-state index contributed by atoms with van der Waals surface area (Å²) in [6.07, 6.45) is 0. The average Bonchev–Trinajstić information content (AvgIpc) is 2.52. The number of methoxy groups -OCH3 is 1. The van der Waals surface area contributed by atoms with Crippen LogP contribution in [-0.2, 0) is 0 Å². The third kappa shape index (κ3) is 3.89. The minimum Gasteiger partial charge on any atom is -0.497 e. The molecule has 0 spiro atoms. The lowest BCUT2D eigenvalue weighted by Gasteiger charge is -2.03. The van der Waals surface area contributed by atoms with Crippen molar-refractivity contribution in [2.75, 3.05) is 13.7 Å². The molecule has 0 aliphatic heterocycles. The van der Waals surface area contributed by atoms with Crippen molar-refractivity contribution in [3.05, 3.63) is 65.7 Å². The second-order valence-electron chi connectivity index (χ2n) is 4.08. The fraction of sp³-hybridized carbons (Fsp3) is 0.118. The summed E-state index contributed by atoms with van der Waals surface area (Å²) in [4.78, 5) is 11.9. The molecule has 0 fully saturated rings. The molecule has 0 aliphatic carbocycles. The molecule has 0 aliphatic rings. The number of rotatable bonds is 3. The average molecular weight is 265 g/mol. The highest BCUT2D eigenvalue weighted by molar-refractivity contribution is 5.94. The molecule has 2 aromatic carbocycles. The summed E-state index contributed by atoms with van der Waals surface area (Å²) in [5, 5.41) is 2.75. The van der Waals surface area contributed by atoms with Crippen molar-refractivity contribution >= 4 is 5.91 Å². The highest BCUT2D eigenvalue weighted by Gasteiger charge is 2.04. The monoisotopic (exact) mass is 265 g/mol. The zero-order valence-electron chi connectivity index (χ0n) is 11.2. The number of ether oxygens (including phenoxy) is 1. The van der Waals surface area contributed by atoms with Crippen LogP contribution in [0.1, 0.15) is 15.9 Å². The van der Waals surface area contributed by atoms with E-state index >= 15 is 0 Å². The number of benzene rings is 2. The highest BCUT2D eigenvalue weighted by atomic mass is 16.5. The van der Waals surface area contributed by atoms with E-state index in [1.165, 1.54) is 0 Å². The third-order valence-electron chi connectivity index (χ3n) is 2.68. The molecule has 1 amide bonds. The van der Waals surface area contributed by atoms with Gasteiger partial charge in [0.2, 0.25) is 0 Å². The van der Waals surface area contributed by atoms with Gasteiger partial charge < -0.3 is 10.1 Å². The van der Waals surface area contributed by atoms with E-state index in [1.807, 2.05) is 30.3 Å². The van der Waals surface area contributed by atoms with Gasteiger partial charge >= 0.3 is 0 Å². The van der Waals surface area contributed by atoms with Gasteiger partial charge in [-0.25, -0.2) is 0 Å². The first-order valence-electron chi connectivity index (χ1n) is 6.26. The van der Waals surface area contributed by atoms with Crippen LogP contribution < -0.4 is 10.1 Å². The van der Waals surface area contributed by atoms with Gasteiger partial charge in [0.05, 0.1) is 13.7 Å². The van der Waals surface area contributed by atoms with E-state index < -0.39 is 0 Å². The molecule has 0 radical (unpaired) electrons. The summed E-state index contributed by atoms with van der Waals surface area (Å²) in [5.74, 6) is 6.40. The number of nitrogens with one attached hydrogen (secondary N) is 1. The molecular weight excluding hydrogens is 250 g/mol. The van der Waals surface area contributed by atoms with Crippen molar-refractivity contribution in [2.45, 2.75) is 0 Å². The summed E-state index contributed by atoms with van der Waals surface area (Å²) in [5.41, 5.74) is 1.49. The fourth-order valence-electron chi connectivity index (χ4n) is 1.66. The Morgan fingerprint density at radius 3 is 2.70 bits per heavy atom. The Morgan fingerprint density at radius 1 is 1.15 bits per heavy atom. The summed E-state index contributed by atoms with van der Waals surface area (Å²) in [7, 11) is 1.57. The molecule has 0 unspecified atom stereocenters. The molecule has 3 nitrogen and oxygen atoms in total. The van der Waals surface area contributed by atoms with E-state index in [0.29, 0.717) is 17.9 Å². The molecular formula is C17H15NO2. The van der Waals surface area contributed by atoms with E-state index in [-0.39, 0.29) is 5.91 Å². The van der Waals surface area contributed by atoms with Gasteiger partial charge in [0.15, 0.2) is 0 Å². The highest BCUT2D eigenvalue weighted by Crippen LogP contribution is 2.12. The number of hydrogen-bond acceptors (Lipinski definition) is 2. The van der Waals surface area contributed by atoms with E-state index in [2.05, 4.69) is 17.2 Å². The normalized spacial score (nSPS) is 9.25. The standard InChI is InChI=1S/C17H15NO2/c1-20-16-11-5-10-15(13-16)17(19)18-12-6-9-14-7-3-2-4-8-14/h2-5,7-8,10-11,13H,12H2,1H3,(H,18,19). The first kappa shape index (κ1) is 13.7. The van der Waals surface area contributed by atoms with Crippen molar-refractivity contribution in [2.24, 2.45) is 0 Å². The van der Waals surface area contributed by atoms with Gasteiger partial charge in [0.25, 0.3) is 5.91 Å². The Bertz CT molecular complexity index is 639. The van der Waals surface area contributed by atoms with Crippen LogP contribution in [0.3, 0.4) is 0 Å². The van der Waals surface area contributed by atoms with Gasteiger partial charge in [-0.2, -0.15) is 0 Å². The number of hydrogen-bond donors (Lipinski definition) is 1. The number of amides is 1. The quantitative estimate of drug-likeness (QED) is 0.866. The number of carbonyl (C=O) groups is 1. The molecule has 3 heteroatoms. The van der Waals surface area contributed by atoms with E-state index in [0.717, 1.165) is 5.56 Å². The first-order valence-corrected chi connectivity index (χ1v) is 6.26. The van der Waals surface area contributed by atoms with Gasteiger partial charge in [-0.15, -0.1) is 0 Å². The Morgan fingerprint density at radius 2 is 1.95 bits per heavy atom. The zero-order chi connectivity index (χ0) is 14.2. The Kier molecular flexibility index (Phi) is 4.80. The van der Waals surface area contributed by atoms with Crippen molar-refractivity contribution in [1.82, 2.24) is 5.32 Å². The molecule has 0 bridgehead atoms. The molecule has 0 atom stereocenters. The Labute approximate surface area is 118 Å². The molecule has 0 heterocycles. The molecule has 0 saturated heterocycles. The van der Waals surface area contributed by atoms with E-state index in [1.54, 1.807) is 31.4 Å². The Hall–Kier alpha value is -2.73. The van der Waals surface area contributed by atoms with Gasteiger partial charge in [-0.1, -0.05) is 36.1 Å². The molecule has 1 N–H and O–H groups in total. The molecule has 2 aromatic rings. The van der Waals surface area contributed by atoms with Crippen LogP contribution in [0.25, 0.3) is 0 Å². The molecule has 0 saturated carbocycles. The maximum absolute atomic E-state index is 11.9. The second-order valence-corrected chi connectivity index (χ2v) is 4.08. The lowest BCUT2D eigenvalue weighted by Crippen LogP contribution is -2.23. The van der Waals surface area contributed by atoms with Crippen LogP contribution in [0.2, 0.25) is 0 Å². The zero-order valence-corrected chi connectivity index (χ0v) is 11.2. The third-order valence-corrected chi connectivity index (χ3v) is 2.68. The second kappa shape index (κ2) is 7.01. The molecule has 20 heavy (non-hydrogen) atoms. The van der Waals surface area contributed by atoms with Gasteiger partial charge in [0, 0.05) is 11.1 Å². The van der Waals surface area contributed by atoms with Crippen molar-refractivity contribution < 1.29 is 9.53 Å². The van der Waals surface area contributed by atoms with Crippen LogP contribution in [0, 0.1) is 11.8 Å². The van der Waals surface area contributed by atoms with Crippen LogP contribution in [-0.4, -0.2) is 19.6 Å². The first-order chi connectivity index (χ1) is 9.79. The summed E-state index contributed by atoms with van der Waals surface area (Å²) in [6.45, 7) is 0.310. The van der Waals surface area contributed by atoms with Crippen LogP contribution in [0.5, 0.6) is 5.75 Å². The van der Waals surface area contributed by atoms with E-state index in [4.69, 9.17) is 4.74 Å². The van der Waals surface area contributed by atoms with Crippen LogP contribution in [0.4, 0.5) is 0 Å². The van der Waals surface area contributed by atoms with Crippen LogP contribution >= 0.6 is 0 Å². The van der Waals surface area contributed by atoms with Crippen molar-refractivity contribution in [3.63, 3.8) is 0 Å². The maximum Gasteiger partial charge on any atom is 0.252 e. The molecule has 2 rings (SSSR count). The lowest BCUT2D eigenvalue weighted by molar-refractivity contribution is 0.0958. The lowest BCUT2D eigenvalue weighted by atomic mass is 10.2. The van der Waals surface area contributed by atoms with Crippen molar-refractivity contribution in [1.29, 1.82) is 0 Å².